The molecule has 8 nitrogen and oxygen atoms in total. The lowest BCUT2D eigenvalue weighted by molar-refractivity contribution is -0.139. The Morgan fingerprint density at radius 2 is 1.61 bits per heavy atom. The Kier molecular flexibility index (Phi) is 9.37. The minimum absolute atomic E-state index is 0.113. The van der Waals surface area contributed by atoms with Crippen LogP contribution in [0, 0.1) is 0 Å². The van der Waals surface area contributed by atoms with Gasteiger partial charge in [0.15, 0.2) is 0 Å². The van der Waals surface area contributed by atoms with E-state index >= 15 is 0 Å². The standard InChI is InChI=1S/C27H37N3O5S/c1-5-21-10-14-24(15-11-21)30(36(4,33)34)19-26(31)29(18-22-12-16-25(35-3)17-13-22)20(2)27(32)28-23-8-6-7-9-23/h10-17,20,23H,5-9,18-19H2,1-4H3,(H,28,32). The fraction of sp³-hybridized carbons (Fsp3) is 0.481. The molecule has 0 radical (unpaired) electrons. The number of carbonyl (C=O) groups is 2. The van der Waals surface area contributed by atoms with Gasteiger partial charge >= 0.3 is 0 Å². The Hall–Kier alpha value is -3.07. The molecule has 0 aromatic heterocycles. The number of aryl methyl sites for hydroxylation is 1. The summed E-state index contributed by atoms with van der Waals surface area (Å²) >= 11 is 0. The molecule has 1 atom stereocenters. The van der Waals surface area contributed by atoms with Gasteiger partial charge in [0.1, 0.15) is 18.3 Å². The fourth-order valence-corrected chi connectivity index (χ4v) is 5.26. The fourth-order valence-electron chi connectivity index (χ4n) is 4.41. The highest BCUT2D eigenvalue weighted by Gasteiger charge is 2.31. The maximum atomic E-state index is 13.6. The number of rotatable bonds is 11. The van der Waals surface area contributed by atoms with Gasteiger partial charge in [0.25, 0.3) is 0 Å². The third kappa shape index (κ3) is 7.22. The Morgan fingerprint density at radius 1 is 1.03 bits per heavy atom. The quantitative estimate of drug-likeness (QED) is 0.494. The van der Waals surface area contributed by atoms with Crippen molar-refractivity contribution in [2.45, 2.75) is 64.6 Å². The van der Waals surface area contributed by atoms with Gasteiger partial charge < -0.3 is 15.0 Å². The Balaban J connectivity index is 1.86. The van der Waals surface area contributed by atoms with E-state index in [2.05, 4.69) is 5.32 Å². The molecule has 0 heterocycles. The zero-order valence-corrected chi connectivity index (χ0v) is 22.4. The topological polar surface area (TPSA) is 96.0 Å². The van der Waals surface area contributed by atoms with E-state index in [0.29, 0.717) is 11.4 Å². The third-order valence-electron chi connectivity index (χ3n) is 6.69. The van der Waals surface area contributed by atoms with E-state index in [-0.39, 0.29) is 18.5 Å². The number of hydrogen-bond acceptors (Lipinski definition) is 5. The van der Waals surface area contributed by atoms with Crippen molar-refractivity contribution in [1.82, 2.24) is 10.2 Å². The number of methoxy groups -OCH3 is 1. The number of anilines is 1. The van der Waals surface area contributed by atoms with Crippen LogP contribution >= 0.6 is 0 Å². The van der Waals surface area contributed by atoms with Crippen LogP contribution in [0.4, 0.5) is 5.69 Å². The number of carbonyl (C=O) groups excluding carboxylic acids is 2. The zero-order chi connectivity index (χ0) is 26.3. The van der Waals surface area contributed by atoms with Gasteiger partial charge in [-0.2, -0.15) is 0 Å². The molecular weight excluding hydrogens is 478 g/mol. The highest BCUT2D eigenvalue weighted by atomic mass is 32.2. The van der Waals surface area contributed by atoms with Gasteiger partial charge in [0.2, 0.25) is 21.8 Å². The second-order valence-electron chi connectivity index (χ2n) is 9.33. The van der Waals surface area contributed by atoms with Crippen LogP contribution in [0.5, 0.6) is 5.75 Å². The van der Waals surface area contributed by atoms with Crippen molar-refractivity contribution in [3.63, 3.8) is 0 Å². The summed E-state index contributed by atoms with van der Waals surface area (Å²) in [7, 11) is -2.17. The van der Waals surface area contributed by atoms with E-state index in [1.54, 1.807) is 38.3 Å². The molecule has 3 rings (SSSR count). The van der Waals surface area contributed by atoms with Crippen molar-refractivity contribution in [1.29, 1.82) is 0 Å². The largest absolute Gasteiger partial charge is 0.497 e. The Morgan fingerprint density at radius 3 is 2.14 bits per heavy atom. The smallest absolute Gasteiger partial charge is 0.244 e. The van der Waals surface area contributed by atoms with Crippen molar-refractivity contribution in [2.75, 3.05) is 24.2 Å². The molecule has 9 heteroatoms. The van der Waals surface area contributed by atoms with E-state index in [9.17, 15) is 18.0 Å². The number of sulfonamides is 1. The van der Waals surface area contributed by atoms with E-state index in [4.69, 9.17) is 4.74 Å². The lowest BCUT2D eigenvalue weighted by Gasteiger charge is -2.32. The first-order chi connectivity index (χ1) is 17.1. The van der Waals surface area contributed by atoms with Crippen molar-refractivity contribution in [3.05, 3.63) is 59.7 Å². The van der Waals surface area contributed by atoms with Crippen LogP contribution in [0.15, 0.2) is 48.5 Å². The Bertz CT molecular complexity index is 1130. The molecule has 36 heavy (non-hydrogen) atoms. The van der Waals surface area contributed by atoms with Gasteiger partial charge in [-0.1, -0.05) is 44.0 Å². The molecule has 196 valence electrons. The van der Waals surface area contributed by atoms with Crippen LogP contribution in [0.2, 0.25) is 0 Å². The van der Waals surface area contributed by atoms with Gasteiger partial charge in [-0.15, -0.1) is 0 Å². The third-order valence-corrected chi connectivity index (χ3v) is 7.83. The maximum absolute atomic E-state index is 13.6. The number of ether oxygens (including phenoxy) is 1. The second kappa shape index (κ2) is 12.3. The molecule has 1 aliphatic rings. The van der Waals surface area contributed by atoms with Gasteiger partial charge in [-0.25, -0.2) is 8.42 Å². The molecule has 0 saturated heterocycles. The van der Waals surface area contributed by atoms with Crippen LogP contribution in [-0.2, 0) is 32.6 Å². The number of nitrogens with zero attached hydrogens (tertiary/aromatic N) is 2. The monoisotopic (exact) mass is 515 g/mol. The van der Waals surface area contributed by atoms with Gasteiger partial charge in [-0.05, 0) is 61.6 Å². The summed E-state index contributed by atoms with van der Waals surface area (Å²) in [6.45, 7) is 3.46. The molecular formula is C27H37N3O5S. The normalized spacial score (nSPS) is 14.8. The van der Waals surface area contributed by atoms with Crippen LogP contribution in [0.1, 0.15) is 50.7 Å². The molecule has 0 aliphatic heterocycles. The van der Waals surface area contributed by atoms with Gasteiger partial charge in [0, 0.05) is 12.6 Å². The first kappa shape index (κ1) is 27.5. The number of benzene rings is 2. The van der Waals surface area contributed by atoms with Crippen LogP contribution in [-0.4, -0.2) is 57.1 Å². The minimum atomic E-state index is -3.74. The van der Waals surface area contributed by atoms with E-state index in [1.807, 2.05) is 31.2 Å². The van der Waals surface area contributed by atoms with Crippen molar-refractivity contribution in [2.24, 2.45) is 0 Å². The molecule has 1 unspecified atom stereocenters. The van der Waals surface area contributed by atoms with Crippen molar-refractivity contribution < 1.29 is 22.7 Å². The summed E-state index contributed by atoms with van der Waals surface area (Å²) in [6, 6.07) is 13.7. The first-order valence-corrected chi connectivity index (χ1v) is 14.3. The maximum Gasteiger partial charge on any atom is 0.244 e. The van der Waals surface area contributed by atoms with Crippen molar-refractivity contribution >= 4 is 27.5 Å². The van der Waals surface area contributed by atoms with E-state index in [1.165, 1.54) is 4.90 Å². The summed E-state index contributed by atoms with van der Waals surface area (Å²) < 4.78 is 31.7. The molecule has 1 fully saturated rings. The van der Waals surface area contributed by atoms with Gasteiger partial charge in [0.05, 0.1) is 19.1 Å². The lowest BCUT2D eigenvalue weighted by atomic mass is 10.1. The van der Waals surface area contributed by atoms with Crippen LogP contribution in [0.3, 0.4) is 0 Å². The number of hydrogen-bond donors (Lipinski definition) is 1. The predicted molar refractivity (Wildman–Crippen MR) is 141 cm³/mol. The lowest BCUT2D eigenvalue weighted by Crippen LogP contribution is -2.52. The molecule has 0 spiro atoms. The van der Waals surface area contributed by atoms with Gasteiger partial charge in [-0.3, -0.25) is 13.9 Å². The average Bonchev–Trinajstić information content (AvgIpc) is 3.38. The summed E-state index contributed by atoms with van der Waals surface area (Å²) in [5, 5.41) is 3.06. The molecule has 2 aromatic rings. The molecule has 0 bridgehead atoms. The average molecular weight is 516 g/mol. The SMILES string of the molecule is CCc1ccc(N(CC(=O)N(Cc2ccc(OC)cc2)C(C)C(=O)NC2CCCC2)S(C)(=O)=O)cc1. The van der Waals surface area contributed by atoms with Crippen LogP contribution in [0.25, 0.3) is 0 Å². The summed E-state index contributed by atoms with van der Waals surface area (Å²) in [6.07, 6.45) is 5.92. The number of amides is 2. The molecule has 1 saturated carbocycles. The molecule has 1 N–H and O–H groups in total. The predicted octanol–water partition coefficient (Wildman–Crippen LogP) is 3.50. The van der Waals surface area contributed by atoms with Crippen LogP contribution < -0.4 is 14.4 Å². The molecule has 2 amide bonds. The summed E-state index contributed by atoms with van der Waals surface area (Å²) in [5.74, 6) is -0.00530. The number of nitrogens with one attached hydrogen (secondary N) is 1. The first-order valence-electron chi connectivity index (χ1n) is 12.4. The highest BCUT2D eigenvalue weighted by Crippen LogP contribution is 2.22. The minimum Gasteiger partial charge on any atom is -0.497 e. The summed E-state index contributed by atoms with van der Waals surface area (Å²) in [4.78, 5) is 28.2. The zero-order valence-electron chi connectivity index (χ0n) is 21.6. The molecule has 2 aromatic carbocycles. The summed E-state index contributed by atoms with van der Waals surface area (Å²) in [5.41, 5.74) is 2.29. The van der Waals surface area contributed by atoms with E-state index in [0.717, 1.165) is 53.8 Å². The molecule has 1 aliphatic carbocycles. The second-order valence-corrected chi connectivity index (χ2v) is 11.2. The highest BCUT2D eigenvalue weighted by molar-refractivity contribution is 7.92. The van der Waals surface area contributed by atoms with E-state index < -0.39 is 28.5 Å². The Labute approximate surface area is 214 Å². The van der Waals surface area contributed by atoms with Crippen molar-refractivity contribution in [3.8, 4) is 5.75 Å².